The summed E-state index contributed by atoms with van der Waals surface area (Å²) in [6.45, 7) is 1.76. The summed E-state index contributed by atoms with van der Waals surface area (Å²) in [6, 6.07) is 3.88. The molecule has 2 unspecified atom stereocenters. The SMILES string of the molecule is CC1(C(=O)O)COCC1NC(=O)c1cc(N)cc(Cl)c1. The molecule has 1 aliphatic heterocycles. The fraction of sp³-hybridized carbons (Fsp3) is 0.385. The van der Waals surface area contributed by atoms with E-state index in [1.807, 2.05) is 0 Å². The second kappa shape index (κ2) is 5.30. The zero-order valence-electron chi connectivity index (χ0n) is 10.9. The van der Waals surface area contributed by atoms with Gasteiger partial charge in [-0.3, -0.25) is 9.59 Å². The zero-order valence-corrected chi connectivity index (χ0v) is 11.6. The molecule has 0 aliphatic carbocycles. The minimum atomic E-state index is -1.14. The van der Waals surface area contributed by atoms with Gasteiger partial charge >= 0.3 is 5.97 Å². The number of hydrogen-bond acceptors (Lipinski definition) is 4. The summed E-state index contributed by atoms with van der Waals surface area (Å²) in [7, 11) is 0. The Morgan fingerprint density at radius 3 is 2.80 bits per heavy atom. The molecule has 1 aromatic rings. The molecule has 6 nitrogen and oxygen atoms in total. The quantitative estimate of drug-likeness (QED) is 0.726. The molecule has 20 heavy (non-hydrogen) atoms. The number of ether oxygens (including phenoxy) is 1. The van der Waals surface area contributed by atoms with E-state index in [9.17, 15) is 14.7 Å². The number of carboxylic acid groups (broad SMARTS) is 1. The molecule has 108 valence electrons. The van der Waals surface area contributed by atoms with Crippen LogP contribution in [0.4, 0.5) is 5.69 Å². The molecule has 7 heteroatoms. The van der Waals surface area contributed by atoms with Crippen molar-refractivity contribution in [2.75, 3.05) is 18.9 Å². The third-order valence-electron chi connectivity index (χ3n) is 3.43. The lowest BCUT2D eigenvalue weighted by atomic mass is 9.85. The Morgan fingerprint density at radius 2 is 2.20 bits per heavy atom. The highest BCUT2D eigenvalue weighted by Crippen LogP contribution is 2.29. The van der Waals surface area contributed by atoms with Gasteiger partial charge < -0.3 is 20.9 Å². The van der Waals surface area contributed by atoms with Crippen LogP contribution >= 0.6 is 11.6 Å². The number of carboxylic acids is 1. The zero-order chi connectivity index (χ0) is 14.9. The van der Waals surface area contributed by atoms with Crippen LogP contribution in [0, 0.1) is 5.41 Å². The minimum Gasteiger partial charge on any atom is -0.481 e. The molecule has 0 radical (unpaired) electrons. The lowest BCUT2D eigenvalue weighted by molar-refractivity contribution is -0.148. The molecular weight excluding hydrogens is 284 g/mol. The molecule has 2 rings (SSSR count). The second-order valence-corrected chi connectivity index (χ2v) is 5.47. The van der Waals surface area contributed by atoms with Gasteiger partial charge in [0, 0.05) is 16.3 Å². The van der Waals surface area contributed by atoms with Crippen LogP contribution in [0.3, 0.4) is 0 Å². The Morgan fingerprint density at radius 1 is 1.50 bits per heavy atom. The van der Waals surface area contributed by atoms with Gasteiger partial charge in [0.25, 0.3) is 5.91 Å². The van der Waals surface area contributed by atoms with E-state index in [0.29, 0.717) is 10.7 Å². The monoisotopic (exact) mass is 298 g/mol. The Labute approximate surface area is 120 Å². The molecular formula is C13H15ClN2O4. The summed E-state index contributed by atoms with van der Waals surface area (Å²) in [5.74, 6) is -1.44. The average molecular weight is 299 g/mol. The van der Waals surface area contributed by atoms with Gasteiger partial charge in [-0.05, 0) is 25.1 Å². The fourth-order valence-electron chi connectivity index (χ4n) is 2.07. The largest absolute Gasteiger partial charge is 0.481 e. The fourth-order valence-corrected chi connectivity index (χ4v) is 2.31. The van der Waals surface area contributed by atoms with Crippen molar-refractivity contribution in [1.82, 2.24) is 5.32 Å². The molecule has 1 aliphatic rings. The first-order valence-corrected chi connectivity index (χ1v) is 6.39. The Kier molecular flexibility index (Phi) is 3.87. The summed E-state index contributed by atoms with van der Waals surface area (Å²) in [5, 5.41) is 12.3. The number of halogens is 1. The van der Waals surface area contributed by atoms with Crippen molar-refractivity contribution in [1.29, 1.82) is 0 Å². The standard InChI is InChI=1S/C13H15ClN2O4/c1-13(12(18)19)6-20-5-10(13)16-11(17)7-2-8(14)4-9(15)3-7/h2-4,10H,5-6,15H2,1H3,(H,16,17)(H,18,19). The number of nitrogen functional groups attached to an aromatic ring is 1. The van der Waals surface area contributed by atoms with Gasteiger partial charge in [0.1, 0.15) is 5.41 Å². The van der Waals surface area contributed by atoms with Gasteiger partial charge in [-0.1, -0.05) is 11.6 Å². The van der Waals surface area contributed by atoms with Crippen LogP contribution in [0.1, 0.15) is 17.3 Å². The van der Waals surface area contributed by atoms with Gasteiger partial charge in [0.15, 0.2) is 0 Å². The average Bonchev–Trinajstić information content (AvgIpc) is 2.71. The van der Waals surface area contributed by atoms with Crippen molar-refractivity contribution in [3.63, 3.8) is 0 Å². The van der Waals surface area contributed by atoms with Gasteiger partial charge in [-0.2, -0.15) is 0 Å². The maximum Gasteiger partial charge on any atom is 0.313 e. The van der Waals surface area contributed by atoms with Crippen molar-refractivity contribution >= 4 is 29.2 Å². The van der Waals surface area contributed by atoms with Crippen LogP contribution in [0.5, 0.6) is 0 Å². The van der Waals surface area contributed by atoms with E-state index in [-0.39, 0.29) is 18.8 Å². The van der Waals surface area contributed by atoms with Crippen molar-refractivity contribution < 1.29 is 19.4 Å². The van der Waals surface area contributed by atoms with Gasteiger partial charge in [-0.15, -0.1) is 0 Å². The van der Waals surface area contributed by atoms with E-state index in [0.717, 1.165) is 0 Å². The first kappa shape index (κ1) is 14.6. The molecule has 1 fully saturated rings. The molecule has 0 spiro atoms. The van der Waals surface area contributed by atoms with Crippen molar-refractivity contribution in [3.05, 3.63) is 28.8 Å². The number of rotatable bonds is 3. The predicted octanol–water partition coefficient (Wildman–Crippen LogP) is 1.14. The number of carbonyl (C=O) groups is 2. The summed E-state index contributed by atoms with van der Waals surface area (Å²) >= 11 is 5.84. The Bertz CT molecular complexity index is 543. The molecule has 1 saturated heterocycles. The lowest BCUT2D eigenvalue weighted by Gasteiger charge is -2.25. The van der Waals surface area contributed by atoms with Gasteiger partial charge in [-0.25, -0.2) is 0 Å². The number of benzene rings is 1. The van der Waals surface area contributed by atoms with Crippen molar-refractivity contribution in [2.45, 2.75) is 13.0 Å². The van der Waals surface area contributed by atoms with Crippen LogP contribution < -0.4 is 11.1 Å². The smallest absolute Gasteiger partial charge is 0.313 e. The third kappa shape index (κ3) is 2.71. The molecule has 1 aromatic carbocycles. The van der Waals surface area contributed by atoms with Crippen LogP contribution in [-0.2, 0) is 9.53 Å². The first-order valence-electron chi connectivity index (χ1n) is 6.01. The second-order valence-electron chi connectivity index (χ2n) is 5.04. The van der Waals surface area contributed by atoms with E-state index in [2.05, 4.69) is 5.32 Å². The van der Waals surface area contributed by atoms with Crippen LogP contribution in [0.15, 0.2) is 18.2 Å². The van der Waals surface area contributed by atoms with Crippen LogP contribution in [0.2, 0.25) is 5.02 Å². The summed E-state index contributed by atoms with van der Waals surface area (Å²) in [5.41, 5.74) is 5.14. The maximum atomic E-state index is 12.1. The molecule has 4 N–H and O–H groups in total. The van der Waals surface area contributed by atoms with Gasteiger partial charge in [0.05, 0.1) is 19.3 Å². The maximum absolute atomic E-state index is 12.1. The normalized spacial score (nSPS) is 25.4. The number of anilines is 1. The van der Waals surface area contributed by atoms with Crippen molar-refractivity contribution in [2.24, 2.45) is 5.41 Å². The number of aliphatic carboxylic acids is 1. The number of carbonyl (C=O) groups excluding carboxylic acids is 1. The number of hydrogen-bond donors (Lipinski definition) is 3. The summed E-state index contributed by atoms with van der Waals surface area (Å²) < 4.78 is 5.17. The van der Waals surface area contributed by atoms with E-state index in [4.69, 9.17) is 22.1 Å². The highest BCUT2D eigenvalue weighted by Gasteiger charge is 2.47. The van der Waals surface area contributed by atoms with E-state index in [1.165, 1.54) is 18.2 Å². The van der Waals surface area contributed by atoms with Crippen LogP contribution in [-0.4, -0.2) is 36.2 Å². The Balaban J connectivity index is 2.17. The lowest BCUT2D eigenvalue weighted by Crippen LogP contribution is -2.49. The topological polar surface area (TPSA) is 102 Å². The van der Waals surface area contributed by atoms with E-state index < -0.39 is 23.3 Å². The van der Waals surface area contributed by atoms with E-state index in [1.54, 1.807) is 6.92 Å². The minimum absolute atomic E-state index is 0.0605. The predicted molar refractivity (Wildman–Crippen MR) is 73.7 cm³/mol. The van der Waals surface area contributed by atoms with Crippen LogP contribution in [0.25, 0.3) is 0 Å². The highest BCUT2D eigenvalue weighted by atomic mass is 35.5. The molecule has 2 atom stereocenters. The summed E-state index contributed by atoms with van der Waals surface area (Å²) in [6.07, 6.45) is 0. The van der Waals surface area contributed by atoms with E-state index >= 15 is 0 Å². The first-order chi connectivity index (χ1) is 9.33. The van der Waals surface area contributed by atoms with Gasteiger partial charge in [0.2, 0.25) is 0 Å². The molecule has 0 saturated carbocycles. The molecule has 0 bridgehead atoms. The number of nitrogens with one attached hydrogen (secondary N) is 1. The molecule has 1 heterocycles. The highest BCUT2D eigenvalue weighted by molar-refractivity contribution is 6.31. The van der Waals surface area contributed by atoms with Crippen molar-refractivity contribution in [3.8, 4) is 0 Å². The summed E-state index contributed by atoms with van der Waals surface area (Å²) in [4.78, 5) is 23.4. The third-order valence-corrected chi connectivity index (χ3v) is 3.65. The number of amides is 1. The Hall–Kier alpha value is -1.79. The molecule has 0 aromatic heterocycles. The number of nitrogens with two attached hydrogens (primary N) is 1. The molecule has 1 amide bonds.